The van der Waals surface area contributed by atoms with Crippen molar-refractivity contribution in [1.82, 2.24) is 9.80 Å². The van der Waals surface area contributed by atoms with Crippen molar-refractivity contribution in [3.8, 4) is 5.75 Å². The van der Waals surface area contributed by atoms with Crippen LogP contribution in [0, 0.1) is 5.92 Å². The molecule has 44 heavy (non-hydrogen) atoms. The van der Waals surface area contributed by atoms with Gasteiger partial charge in [-0.3, -0.25) is 14.4 Å². The average Bonchev–Trinajstić information content (AvgIpc) is 3.55. The number of thiophene rings is 1. The van der Waals surface area contributed by atoms with Gasteiger partial charge in [-0.25, -0.2) is 8.42 Å². The number of sulfonamides is 1. The van der Waals surface area contributed by atoms with Crippen molar-refractivity contribution < 1.29 is 27.8 Å². The smallest absolute Gasteiger partial charge is 0.271 e. The Morgan fingerprint density at radius 1 is 1.11 bits per heavy atom. The second kappa shape index (κ2) is 15.9. The number of nitrogens with one attached hydrogen (secondary N) is 1. The predicted molar refractivity (Wildman–Crippen MR) is 175 cm³/mol. The molecule has 0 unspecified atom stereocenters. The molecule has 9 nitrogen and oxygen atoms in total. The minimum absolute atomic E-state index is 0.0575. The van der Waals surface area contributed by atoms with Gasteiger partial charge in [0.2, 0.25) is 0 Å². The van der Waals surface area contributed by atoms with Crippen LogP contribution >= 0.6 is 11.3 Å². The maximum atomic E-state index is 14.3. The zero-order valence-electron chi connectivity index (χ0n) is 26.0. The normalized spacial score (nSPS) is 21.3. The molecule has 0 radical (unpaired) electrons. The van der Waals surface area contributed by atoms with Crippen LogP contribution in [-0.4, -0.2) is 80.8 Å². The molecule has 4 rings (SSSR count). The number of fused-ring (bicyclic) bond motifs is 1. The van der Waals surface area contributed by atoms with Gasteiger partial charge >= 0.3 is 0 Å². The first-order chi connectivity index (χ1) is 21.1. The van der Waals surface area contributed by atoms with Crippen molar-refractivity contribution in [2.45, 2.75) is 69.0 Å². The van der Waals surface area contributed by atoms with Crippen LogP contribution < -0.4 is 9.46 Å². The lowest BCUT2D eigenvalue weighted by atomic mass is 10.0. The topological polar surface area (TPSA) is 108 Å². The highest BCUT2D eigenvalue weighted by Crippen LogP contribution is 2.30. The summed E-state index contributed by atoms with van der Waals surface area (Å²) in [6, 6.07) is 17.8. The van der Waals surface area contributed by atoms with Gasteiger partial charge < -0.3 is 19.5 Å². The Balaban J connectivity index is 1.63. The van der Waals surface area contributed by atoms with E-state index in [1.54, 1.807) is 35.4 Å². The van der Waals surface area contributed by atoms with Gasteiger partial charge in [0.25, 0.3) is 15.9 Å². The molecular formula is C33H45N3O6S2. The van der Waals surface area contributed by atoms with Crippen LogP contribution in [0.1, 0.15) is 56.0 Å². The maximum absolute atomic E-state index is 14.3. The first-order valence-corrected chi connectivity index (χ1v) is 17.6. The summed E-state index contributed by atoms with van der Waals surface area (Å²) in [6.07, 6.45) is 2.23. The summed E-state index contributed by atoms with van der Waals surface area (Å²) in [5.41, 5.74) is 1.72. The summed E-state index contributed by atoms with van der Waals surface area (Å²) in [4.78, 5) is 18.2. The van der Waals surface area contributed by atoms with Crippen molar-refractivity contribution in [1.29, 1.82) is 0 Å². The van der Waals surface area contributed by atoms with Crippen molar-refractivity contribution >= 4 is 33.0 Å². The van der Waals surface area contributed by atoms with Gasteiger partial charge in [0.1, 0.15) is 9.96 Å². The Morgan fingerprint density at radius 2 is 1.89 bits per heavy atom. The van der Waals surface area contributed by atoms with Gasteiger partial charge in [-0.05, 0) is 75.4 Å². The Hall–Kier alpha value is -2.96. The summed E-state index contributed by atoms with van der Waals surface area (Å²) >= 11 is 1.12. The average molecular weight is 644 g/mol. The van der Waals surface area contributed by atoms with E-state index in [0.717, 1.165) is 37.1 Å². The van der Waals surface area contributed by atoms with Crippen molar-refractivity contribution in [2.75, 3.05) is 38.1 Å². The van der Waals surface area contributed by atoms with Crippen LogP contribution in [0.4, 0.5) is 5.69 Å². The number of aliphatic hydroxyl groups is 1. The first-order valence-electron chi connectivity index (χ1n) is 15.2. The number of carbonyl (C=O) groups is 1. The molecule has 3 aromatic rings. The van der Waals surface area contributed by atoms with Crippen LogP contribution in [0.5, 0.6) is 5.75 Å². The van der Waals surface area contributed by atoms with Gasteiger partial charge in [0, 0.05) is 37.8 Å². The van der Waals surface area contributed by atoms with E-state index in [4.69, 9.17) is 9.47 Å². The van der Waals surface area contributed by atoms with E-state index in [-0.39, 0.29) is 46.1 Å². The van der Waals surface area contributed by atoms with E-state index in [9.17, 15) is 18.3 Å². The van der Waals surface area contributed by atoms with E-state index in [1.807, 2.05) is 25.1 Å². The number of likely N-dealkylation sites (N-methyl/N-ethyl adjacent to an activating group) is 1. The monoisotopic (exact) mass is 643 g/mol. The number of hydrogen-bond acceptors (Lipinski definition) is 8. The van der Waals surface area contributed by atoms with Crippen LogP contribution in [0.25, 0.3) is 0 Å². The second-order valence-corrected chi connectivity index (χ2v) is 14.6. The number of hydrogen-bond donors (Lipinski definition) is 2. The van der Waals surface area contributed by atoms with Gasteiger partial charge in [-0.2, -0.15) is 0 Å². The molecule has 1 aliphatic rings. The van der Waals surface area contributed by atoms with E-state index in [1.165, 1.54) is 17.7 Å². The first kappa shape index (κ1) is 33.9. The quantitative estimate of drug-likeness (QED) is 0.318. The van der Waals surface area contributed by atoms with Gasteiger partial charge in [-0.1, -0.05) is 43.3 Å². The molecule has 0 spiro atoms. The molecule has 1 aromatic heterocycles. The van der Waals surface area contributed by atoms with Crippen molar-refractivity contribution in [3.63, 3.8) is 0 Å². The molecular weight excluding hydrogens is 599 g/mol. The highest BCUT2D eigenvalue weighted by atomic mass is 32.2. The lowest BCUT2D eigenvalue weighted by Crippen LogP contribution is -2.47. The Kier molecular flexibility index (Phi) is 12.2. The minimum atomic E-state index is -3.82. The maximum Gasteiger partial charge on any atom is 0.271 e. The molecule has 0 aliphatic carbocycles. The fourth-order valence-electron chi connectivity index (χ4n) is 5.34. The van der Waals surface area contributed by atoms with E-state index in [2.05, 4.69) is 35.7 Å². The third-order valence-corrected chi connectivity index (χ3v) is 10.6. The van der Waals surface area contributed by atoms with Crippen LogP contribution in [-0.2, 0) is 21.3 Å². The fourth-order valence-corrected chi connectivity index (χ4v) is 7.38. The molecule has 0 saturated heterocycles. The Morgan fingerprint density at radius 3 is 2.59 bits per heavy atom. The number of anilines is 1. The number of nitrogens with zero attached hydrogens (tertiary/aromatic N) is 2. The molecule has 240 valence electrons. The lowest BCUT2D eigenvalue weighted by Gasteiger charge is -2.36. The number of carbonyl (C=O) groups excluding carboxylic acids is 1. The predicted octanol–water partition coefficient (Wildman–Crippen LogP) is 5.48. The van der Waals surface area contributed by atoms with Gasteiger partial charge in [0.15, 0.2) is 0 Å². The molecule has 2 heterocycles. The van der Waals surface area contributed by atoms with Crippen LogP contribution in [0.15, 0.2) is 70.3 Å². The largest absolute Gasteiger partial charge is 0.490 e. The molecule has 2 aromatic carbocycles. The van der Waals surface area contributed by atoms with Crippen LogP contribution in [0.3, 0.4) is 0 Å². The molecule has 11 heteroatoms. The summed E-state index contributed by atoms with van der Waals surface area (Å²) in [7, 11) is -1.75. The number of aliphatic hydroxyl groups excluding tert-OH is 1. The number of rotatable bonds is 9. The molecule has 0 fully saturated rings. The molecule has 0 saturated carbocycles. The number of benzene rings is 2. The SMILES string of the molecule is C[C@@H]1CCCCO[C@H](CN(C)Cc2ccccc2)[C@H](C)CN([C@@H](C)CO)C(=O)c2cc(NS(=O)(=O)c3cccs3)ccc2O1. The summed E-state index contributed by atoms with van der Waals surface area (Å²) in [5.74, 6) is -0.0130. The van der Waals surface area contributed by atoms with E-state index in [0.29, 0.717) is 25.4 Å². The Labute approximate surface area is 265 Å². The number of ether oxygens (including phenoxy) is 2. The lowest BCUT2D eigenvalue weighted by molar-refractivity contribution is -0.0177. The highest BCUT2D eigenvalue weighted by molar-refractivity contribution is 7.94. The zero-order valence-corrected chi connectivity index (χ0v) is 27.6. The van der Waals surface area contributed by atoms with Crippen LogP contribution in [0.2, 0.25) is 0 Å². The molecule has 1 amide bonds. The standard InChI is InChI=1S/C33H45N3O6S2/c1-24-20-36(25(2)23-37)33(38)29-19-28(34-44(39,40)32-14-10-18-43-32)15-16-30(29)42-26(3)11-8-9-17-41-31(24)22-35(4)21-27-12-6-5-7-13-27/h5-7,10,12-16,18-19,24-26,31,34,37H,8-9,11,17,20-23H2,1-4H3/t24-,25+,26-,31-/m1/s1. The highest BCUT2D eigenvalue weighted by Gasteiger charge is 2.30. The zero-order chi connectivity index (χ0) is 31.7. The second-order valence-electron chi connectivity index (χ2n) is 11.7. The van der Waals surface area contributed by atoms with E-state index >= 15 is 0 Å². The van der Waals surface area contributed by atoms with E-state index < -0.39 is 16.1 Å². The molecule has 0 bridgehead atoms. The molecule has 4 atom stereocenters. The minimum Gasteiger partial charge on any atom is -0.490 e. The van der Waals surface area contributed by atoms with Crippen molar-refractivity contribution in [3.05, 3.63) is 77.2 Å². The Bertz CT molecular complexity index is 1430. The third kappa shape index (κ3) is 9.28. The molecule has 2 N–H and O–H groups in total. The van der Waals surface area contributed by atoms with Crippen molar-refractivity contribution in [2.24, 2.45) is 5.92 Å². The number of amides is 1. The summed E-state index contributed by atoms with van der Waals surface area (Å²) in [5, 5.41) is 11.9. The summed E-state index contributed by atoms with van der Waals surface area (Å²) in [6.45, 7) is 8.01. The van der Waals surface area contributed by atoms with Gasteiger partial charge in [-0.15, -0.1) is 11.3 Å². The third-order valence-electron chi connectivity index (χ3n) is 7.85. The van der Waals surface area contributed by atoms with Gasteiger partial charge in [0.05, 0.1) is 30.4 Å². The fraction of sp³-hybridized carbons (Fsp3) is 0.485. The summed E-state index contributed by atoms with van der Waals surface area (Å²) < 4.78 is 41.4. The molecule has 1 aliphatic heterocycles.